The molecule has 1 aromatic heterocycles. The molecule has 2 rings (SSSR count). The minimum absolute atomic E-state index is 0.0626. The van der Waals surface area contributed by atoms with Crippen LogP contribution in [0.3, 0.4) is 0 Å². The molecule has 0 radical (unpaired) electrons. The molecular weight excluding hydrogens is 197 g/mol. The maximum absolute atomic E-state index is 13.3. The molecule has 1 aliphatic heterocycles. The number of aliphatic hydroxyl groups is 1. The lowest BCUT2D eigenvalue weighted by molar-refractivity contribution is 0.0521. The van der Waals surface area contributed by atoms with Gasteiger partial charge in [0.1, 0.15) is 5.82 Å². The molecule has 0 saturated carbocycles. The average Bonchev–Trinajstić information content (AvgIpc) is 2.71. The van der Waals surface area contributed by atoms with Gasteiger partial charge >= 0.3 is 0 Å². The monoisotopic (exact) mass is 211 g/mol. The second-order valence-electron chi connectivity index (χ2n) is 3.78. The van der Waals surface area contributed by atoms with Crippen molar-refractivity contribution in [3.63, 3.8) is 0 Å². The summed E-state index contributed by atoms with van der Waals surface area (Å²) >= 11 is 0. The van der Waals surface area contributed by atoms with Crippen LogP contribution in [-0.2, 0) is 4.74 Å². The zero-order valence-corrected chi connectivity index (χ0v) is 8.40. The number of rotatable bonds is 3. The van der Waals surface area contributed by atoms with E-state index in [1.807, 2.05) is 0 Å². The van der Waals surface area contributed by atoms with Crippen LogP contribution in [0.15, 0.2) is 18.5 Å². The SMILES string of the molecule is OC(CC1CCCO1)c1ccncc1F. The topological polar surface area (TPSA) is 42.4 Å². The Hall–Kier alpha value is -1.00. The number of aliphatic hydroxyl groups excluding tert-OH is 1. The molecule has 1 fully saturated rings. The third-order valence-electron chi connectivity index (χ3n) is 2.67. The normalized spacial score (nSPS) is 22.9. The average molecular weight is 211 g/mol. The largest absolute Gasteiger partial charge is 0.388 e. The van der Waals surface area contributed by atoms with E-state index in [-0.39, 0.29) is 6.10 Å². The standard InChI is InChI=1S/C11H14FNO2/c12-10-7-13-4-3-9(10)11(14)6-8-2-1-5-15-8/h3-4,7-8,11,14H,1-2,5-6H2. The second-order valence-corrected chi connectivity index (χ2v) is 3.78. The van der Waals surface area contributed by atoms with Crippen molar-refractivity contribution in [2.24, 2.45) is 0 Å². The van der Waals surface area contributed by atoms with Gasteiger partial charge in [0.05, 0.1) is 18.4 Å². The van der Waals surface area contributed by atoms with Crippen LogP contribution < -0.4 is 0 Å². The summed E-state index contributed by atoms with van der Waals surface area (Å²) in [5, 5.41) is 9.81. The molecule has 0 spiro atoms. The van der Waals surface area contributed by atoms with Crippen molar-refractivity contribution in [3.05, 3.63) is 29.8 Å². The summed E-state index contributed by atoms with van der Waals surface area (Å²) < 4.78 is 18.6. The van der Waals surface area contributed by atoms with Crippen LogP contribution in [0.5, 0.6) is 0 Å². The molecule has 1 saturated heterocycles. The maximum Gasteiger partial charge on any atom is 0.147 e. The molecule has 0 aliphatic carbocycles. The quantitative estimate of drug-likeness (QED) is 0.829. The van der Waals surface area contributed by atoms with E-state index < -0.39 is 11.9 Å². The maximum atomic E-state index is 13.3. The molecule has 15 heavy (non-hydrogen) atoms. The highest BCUT2D eigenvalue weighted by molar-refractivity contribution is 5.15. The summed E-state index contributed by atoms with van der Waals surface area (Å²) in [5.74, 6) is -0.456. The van der Waals surface area contributed by atoms with Crippen molar-refractivity contribution >= 4 is 0 Å². The van der Waals surface area contributed by atoms with E-state index in [2.05, 4.69) is 4.98 Å². The van der Waals surface area contributed by atoms with Gasteiger partial charge in [-0.15, -0.1) is 0 Å². The van der Waals surface area contributed by atoms with E-state index >= 15 is 0 Å². The van der Waals surface area contributed by atoms with Crippen LogP contribution in [0, 0.1) is 5.82 Å². The van der Waals surface area contributed by atoms with Gasteiger partial charge in [-0.25, -0.2) is 4.39 Å². The molecule has 1 aliphatic rings. The minimum atomic E-state index is -0.795. The summed E-state index contributed by atoms with van der Waals surface area (Å²) in [6.07, 6.45) is 4.30. The minimum Gasteiger partial charge on any atom is -0.388 e. The Labute approximate surface area is 87.9 Å². The molecule has 0 bridgehead atoms. The fraction of sp³-hybridized carbons (Fsp3) is 0.545. The molecule has 0 amide bonds. The number of pyridine rings is 1. The first-order valence-corrected chi connectivity index (χ1v) is 5.16. The van der Waals surface area contributed by atoms with Crippen LogP contribution in [0.2, 0.25) is 0 Å². The third kappa shape index (κ3) is 2.52. The van der Waals surface area contributed by atoms with Gasteiger partial charge in [0.15, 0.2) is 0 Å². The number of halogens is 1. The summed E-state index contributed by atoms with van der Waals surface area (Å²) in [6.45, 7) is 0.746. The van der Waals surface area contributed by atoms with Gasteiger partial charge in [0.25, 0.3) is 0 Å². The molecule has 2 unspecified atom stereocenters. The fourth-order valence-corrected chi connectivity index (χ4v) is 1.86. The zero-order chi connectivity index (χ0) is 10.7. The third-order valence-corrected chi connectivity index (χ3v) is 2.67. The molecule has 4 heteroatoms. The number of ether oxygens (including phenoxy) is 1. The highest BCUT2D eigenvalue weighted by atomic mass is 19.1. The zero-order valence-electron chi connectivity index (χ0n) is 8.40. The van der Waals surface area contributed by atoms with Crippen LogP contribution >= 0.6 is 0 Å². The van der Waals surface area contributed by atoms with Crippen LogP contribution in [-0.4, -0.2) is 22.8 Å². The molecular formula is C11H14FNO2. The van der Waals surface area contributed by atoms with Gasteiger partial charge in [-0.1, -0.05) is 0 Å². The molecule has 1 aromatic rings. The molecule has 1 N–H and O–H groups in total. The number of hydrogen-bond donors (Lipinski definition) is 1. The van der Waals surface area contributed by atoms with Gasteiger partial charge in [-0.05, 0) is 18.9 Å². The van der Waals surface area contributed by atoms with Gasteiger partial charge in [-0.2, -0.15) is 0 Å². The Morgan fingerprint density at radius 1 is 1.67 bits per heavy atom. The smallest absolute Gasteiger partial charge is 0.147 e. The van der Waals surface area contributed by atoms with Crippen molar-refractivity contribution in [2.45, 2.75) is 31.5 Å². The predicted molar refractivity (Wildman–Crippen MR) is 52.7 cm³/mol. The predicted octanol–water partition coefficient (Wildman–Crippen LogP) is 1.82. The van der Waals surface area contributed by atoms with Crippen LogP contribution in [0.25, 0.3) is 0 Å². The highest BCUT2D eigenvalue weighted by Crippen LogP contribution is 2.25. The number of nitrogens with zero attached hydrogens (tertiary/aromatic N) is 1. The lowest BCUT2D eigenvalue weighted by Gasteiger charge is -2.15. The van der Waals surface area contributed by atoms with Gasteiger partial charge in [0, 0.05) is 24.8 Å². The summed E-state index contributed by atoms with van der Waals surface area (Å²) in [4.78, 5) is 3.64. The lowest BCUT2D eigenvalue weighted by atomic mass is 10.0. The van der Waals surface area contributed by atoms with Crippen molar-refractivity contribution in [1.29, 1.82) is 0 Å². The summed E-state index contributed by atoms with van der Waals surface area (Å²) in [6, 6.07) is 1.51. The number of hydrogen-bond acceptors (Lipinski definition) is 3. The van der Waals surface area contributed by atoms with E-state index in [1.54, 1.807) is 0 Å². The van der Waals surface area contributed by atoms with Gasteiger partial charge < -0.3 is 9.84 Å². The van der Waals surface area contributed by atoms with Crippen LogP contribution in [0.4, 0.5) is 4.39 Å². The Morgan fingerprint density at radius 3 is 3.20 bits per heavy atom. The first kappa shape index (κ1) is 10.5. The highest BCUT2D eigenvalue weighted by Gasteiger charge is 2.22. The van der Waals surface area contributed by atoms with Crippen molar-refractivity contribution < 1.29 is 14.2 Å². The first-order chi connectivity index (χ1) is 7.27. The van der Waals surface area contributed by atoms with E-state index in [9.17, 15) is 9.50 Å². The first-order valence-electron chi connectivity index (χ1n) is 5.16. The van der Waals surface area contributed by atoms with E-state index in [1.165, 1.54) is 12.3 Å². The Kier molecular flexibility index (Phi) is 3.28. The summed E-state index contributed by atoms with van der Waals surface area (Å²) in [7, 11) is 0. The van der Waals surface area contributed by atoms with Crippen molar-refractivity contribution in [1.82, 2.24) is 4.98 Å². The van der Waals surface area contributed by atoms with Crippen molar-refractivity contribution in [2.75, 3.05) is 6.61 Å². The molecule has 82 valence electrons. The number of aromatic nitrogens is 1. The Morgan fingerprint density at radius 2 is 2.53 bits per heavy atom. The Balaban J connectivity index is 2.00. The molecule has 0 aromatic carbocycles. The van der Waals surface area contributed by atoms with Gasteiger partial charge in [-0.3, -0.25) is 4.98 Å². The lowest BCUT2D eigenvalue weighted by Crippen LogP contribution is -2.12. The molecule has 2 atom stereocenters. The van der Waals surface area contributed by atoms with Crippen LogP contribution in [0.1, 0.15) is 30.9 Å². The second kappa shape index (κ2) is 4.68. The molecule has 2 heterocycles. The van der Waals surface area contributed by atoms with E-state index in [0.717, 1.165) is 25.6 Å². The molecule has 3 nitrogen and oxygen atoms in total. The Bertz CT molecular complexity index is 326. The van der Waals surface area contributed by atoms with E-state index in [4.69, 9.17) is 4.74 Å². The van der Waals surface area contributed by atoms with E-state index in [0.29, 0.717) is 12.0 Å². The summed E-state index contributed by atoms with van der Waals surface area (Å²) in [5.41, 5.74) is 0.306. The van der Waals surface area contributed by atoms with Gasteiger partial charge in [0.2, 0.25) is 0 Å². The van der Waals surface area contributed by atoms with Crippen molar-refractivity contribution in [3.8, 4) is 0 Å². The fourth-order valence-electron chi connectivity index (χ4n) is 1.86.